The molecule has 0 atom stereocenters. The van der Waals surface area contributed by atoms with Crippen LogP contribution in [0, 0.1) is 0 Å². The Balaban J connectivity index is 2.02. The molecule has 0 aliphatic heterocycles. The van der Waals surface area contributed by atoms with Crippen LogP contribution in [-0.2, 0) is 0 Å². The Morgan fingerprint density at radius 2 is 2.08 bits per heavy atom. The summed E-state index contributed by atoms with van der Waals surface area (Å²) in [5.74, 6) is 1.23. The van der Waals surface area contributed by atoms with Crippen LogP contribution in [0.4, 0.5) is 5.69 Å². The van der Waals surface area contributed by atoms with Gasteiger partial charge in [-0.2, -0.15) is 0 Å². The van der Waals surface area contributed by atoms with Gasteiger partial charge in [0.2, 0.25) is 0 Å². The summed E-state index contributed by atoms with van der Waals surface area (Å²) in [5, 5.41) is 2.88. The van der Waals surface area contributed by atoms with Gasteiger partial charge in [-0.1, -0.05) is 32.1 Å². The summed E-state index contributed by atoms with van der Waals surface area (Å²) in [6, 6.07) is 12.6. The van der Waals surface area contributed by atoms with Crippen molar-refractivity contribution in [3.8, 4) is 11.5 Å². The Morgan fingerprint density at radius 1 is 1.24 bits per heavy atom. The van der Waals surface area contributed by atoms with Crippen LogP contribution >= 0.6 is 15.9 Å². The quantitative estimate of drug-likeness (QED) is 0.447. The first-order chi connectivity index (χ1) is 12.1. The largest absolute Gasteiger partial charge is 0.494 e. The topological polar surface area (TPSA) is 47.6 Å². The number of nitrogens with one attached hydrogen (secondary N) is 1. The number of halogens is 1. The first-order valence-corrected chi connectivity index (χ1v) is 9.00. The number of carbonyl (C=O) groups is 1. The van der Waals surface area contributed by atoms with Crippen molar-refractivity contribution in [3.63, 3.8) is 0 Å². The molecule has 0 heterocycles. The van der Waals surface area contributed by atoms with Crippen molar-refractivity contribution in [2.24, 2.45) is 0 Å². The Bertz CT molecular complexity index is 731. The van der Waals surface area contributed by atoms with Gasteiger partial charge in [-0.25, -0.2) is 0 Å². The van der Waals surface area contributed by atoms with E-state index in [0.717, 1.165) is 23.1 Å². The second-order valence-corrected chi connectivity index (χ2v) is 6.28. The Hall–Kier alpha value is -2.27. The normalized spacial score (nSPS) is 10.2. The highest BCUT2D eigenvalue weighted by Gasteiger charge is 2.10. The van der Waals surface area contributed by atoms with E-state index < -0.39 is 0 Å². The minimum absolute atomic E-state index is 0.193. The number of anilines is 1. The summed E-state index contributed by atoms with van der Waals surface area (Å²) in [6.07, 6.45) is 3.76. The number of carbonyl (C=O) groups excluding carboxylic acids is 1. The number of unbranched alkanes of at least 4 members (excludes halogenated alkanes) is 1. The van der Waals surface area contributed by atoms with E-state index in [1.807, 2.05) is 24.3 Å². The van der Waals surface area contributed by atoms with Gasteiger partial charge in [0.05, 0.1) is 11.1 Å². The monoisotopic (exact) mass is 403 g/mol. The minimum atomic E-state index is -0.193. The van der Waals surface area contributed by atoms with E-state index in [9.17, 15) is 4.79 Å². The molecule has 0 saturated heterocycles. The molecular weight excluding hydrogens is 382 g/mol. The smallest absolute Gasteiger partial charge is 0.255 e. The lowest BCUT2D eigenvalue weighted by molar-refractivity contribution is 0.102. The second kappa shape index (κ2) is 9.89. The van der Waals surface area contributed by atoms with E-state index in [4.69, 9.17) is 9.47 Å². The molecule has 0 aliphatic carbocycles. The van der Waals surface area contributed by atoms with Crippen molar-refractivity contribution in [2.75, 3.05) is 18.5 Å². The first-order valence-electron chi connectivity index (χ1n) is 8.21. The summed E-state index contributed by atoms with van der Waals surface area (Å²) < 4.78 is 11.9. The highest BCUT2D eigenvalue weighted by Crippen LogP contribution is 2.26. The van der Waals surface area contributed by atoms with Crippen molar-refractivity contribution in [1.82, 2.24) is 0 Å². The molecule has 0 spiro atoms. The lowest BCUT2D eigenvalue weighted by Gasteiger charge is -2.10. The van der Waals surface area contributed by atoms with E-state index in [2.05, 4.69) is 34.7 Å². The van der Waals surface area contributed by atoms with Gasteiger partial charge in [-0.05, 0) is 52.7 Å². The zero-order valence-electron chi connectivity index (χ0n) is 14.3. The summed E-state index contributed by atoms with van der Waals surface area (Å²) in [5.41, 5.74) is 1.23. The molecule has 2 aromatic rings. The molecule has 0 unspecified atom stereocenters. The van der Waals surface area contributed by atoms with E-state index in [1.165, 1.54) is 0 Å². The van der Waals surface area contributed by atoms with Crippen LogP contribution < -0.4 is 14.8 Å². The van der Waals surface area contributed by atoms with E-state index in [-0.39, 0.29) is 5.91 Å². The van der Waals surface area contributed by atoms with Gasteiger partial charge in [0.15, 0.2) is 0 Å². The molecule has 132 valence electrons. The van der Waals surface area contributed by atoms with Crippen LogP contribution in [0.15, 0.2) is 59.6 Å². The van der Waals surface area contributed by atoms with Crippen LogP contribution in [0.1, 0.15) is 30.1 Å². The maximum atomic E-state index is 12.4. The average molecular weight is 404 g/mol. The predicted octanol–water partition coefficient (Wildman–Crippen LogP) is 5.45. The zero-order valence-corrected chi connectivity index (χ0v) is 15.8. The second-order valence-electron chi connectivity index (χ2n) is 5.43. The standard InChI is InChI=1S/C20H22BrNO3/c1-3-5-12-24-17-8-6-7-16(14-17)22-20(23)15-9-10-19(18(21)13-15)25-11-4-2/h4,6-10,13-14H,2-3,5,11-12H2,1H3,(H,22,23). The van der Waals surface area contributed by atoms with Gasteiger partial charge in [0.25, 0.3) is 5.91 Å². The molecule has 0 aliphatic rings. The van der Waals surface area contributed by atoms with Crippen molar-refractivity contribution in [2.45, 2.75) is 19.8 Å². The van der Waals surface area contributed by atoms with Gasteiger partial charge >= 0.3 is 0 Å². The number of hydrogen-bond donors (Lipinski definition) is 1. The van der Waals surface area contributed by atoms with E-state index in [0.29, 0.717) is 30.2 Å². The molecule has 1 amide bonds. The summed E-state index contributed by atoms with van der Waals surface area (Å²) in [4.78, 5) is 12.4. The molecule has 0 fully saturated rings. The molecule has 0 saturated carbocycles. The number of benzene rings is 2. The van der Waals surface area contributed by atoms with Crippen LogP contribution in [0.25, 0.3) is 0 Å². The van der Waals surface area contributed by atoms with Crippen molar-refractivity contribution >= 4 is 27.5 Å². The third-order valence-electron chi connectivity index (χ3n) is 3.41. The molecule has 25 heavy (non-hydrogen) atoms. The summed E-state index contributed by atoms with van der Waals surface area (Å²) in [7, 11) is 0. The molecule has 0 aromatic heterocycles. The molecule has 2 rings (SSSR count). The Kier molecular flexibility index (Phi) is 7.54. The van der Waals surface area contributed by atoms with Crippen LogP contribution in [0.5, 0.6) is 11.5 Å². The van der Waals surface area contributed by atoms with Crippen LogP contribution in [-0.4, -0.2) is 19.1 Å². The fraction of sp³-hybridized carbons (Fsp3) is 0.250. The Labute approximate surface area is 157 Å². The zero-order chi connectivity index (χ0) is 18.1. The highest BCUT2D eigenvalue weighted by molar-refractivity contribution is 9.10. The van der Waals surface area contributed by atoms with Crippen molar-refractivity contribution in [3.05, 3.63) is 65.2 Å². The van der Waals surface area contributed by atoms with Crippen LogP contribution in [0.2, 0.25) is 0 Å². The third kappa shape index (κ3) is 5.94. The van der Waals surface area contributed by atoms with Crippen molar-refractivity contribution < 1.29 is 14.3 Å². The molecular formula is C20H22BrNO3. The number of amides is 1. The van der Waals surface area contributed by atoms with E-state index in [1.54, 1.807) is 24.3 Å². The number of rotatable bonds is 9. The molecule has 0 bridgehead atoms. The maximum Gasteiger partial charge on any atom is 0.255 e. The molecule has 5 heteroatoms. The maximum absolute atomic E-state index is 12.4. The molecule has 0 radical (unpaired) electrons. The predicted molar refractivity (Wildman–Crippen MR) is 105 cm³/mol. The molecule has 2 aromatic carbocycles. The molecule has 1 N–H and O–H groups in total. The number of hydrogen-bond acceptors (Lipinski definition) is 3. The Morgan fingerprint density at radius 3 is 2.80 bits per heavy atom. The van der Waals surface area contributed by atoms with Gasteiger partial charge in [-0.3, -0.25) is 4.79 Å². The van der Waals surface area contributed by atoms with Gasteiger partial charge in [0.1, 0.15) is 18.1 Å². The fourth-order valence-corrected chi connectivity index (χ4v) is 2.60. The number of ether oxygens (including phenoxy) is 2. The van der Waals surface area contributed by atoms with Gasteiger partial charge in [0, 0.05) is 17.3 Å². The summed E-state index contributed by atoms with van der Waals surface area (Å²) >= 11 is 3.42. The lowest BCUT2D eigenvalue weighted by atomic mass is 10.2. The average Bonchev–Trinajstić information content (AvgIpc) is 2.61. The molecule has 4 nitrogen and oxygen atoms in total. The fourth-order valence-electron chi connectivity index (χ4n) is 2.11. The third-order valence-corrected chi connectivity index (χ3v) is 4.03. The van der Waals surface area contributed by atoms with Gasteiger partial charge in [-0.15, -0.1) is 0 Å². The first kappa shape index (κ1) is 19.1. The van der Waals surface area contributed by atoms with E-state index >= 15 is 0 Å². The highest BCUT2D eigenvalue weighted by atomic mass is 79.9. The summed E-state index contributed by atoms with van der Waals surface area (Å²) in [6.45, 7) is 6.82. The minimum Gasteiger partial charge on any atom is -0.494 e. The van der Waals surface area contributed by atoms with Crippen LogP contribution in [0.3, 0.4) is 0 Å². The lowest BCUT2D eigenvalue weighted by Crippen LogP contribution is -2.12. The SMILES string of the molecule is C=CCOc1ccc(C(=O)Nc2cccc(OCCCC)c2)cc1Br. The van der Waals surface area contributed by atoms with Gasteiger partial charge < -0.3 is 14.8 Å². The van der Waals surface area contributed by atoms with Crippen molar-refractivity contribution in [1.29, 1.82) is 0 Å².